The van der Waals surface area contributed by atoms with Crippen molar-refractivity contribution in [2.45, 2.75) is 13.0 Å². The number of rotatable bonds is 3. The lowest BCUT2D eigenvalue weighted by atomic mass is 10.2. The highest BCUT2D eigenvalue weighted by molar-refractivity contribution is 5.96. The molecule has 1 aromatic carbocycles. The highest BCUT2D eigenvalue weighted by Gasteiger charge is 2.20. The standard InChI is InChI=1S/C13H14FNO3/c1-8(7-16)15(2)13(17)12-6-9-5-10(14)3-4-11(9)18-12/h3-6,8,16H,7H2,1-2H3. The van der Waals surface area contributed by atoms with E-state index < -0.39 is 0 Å². The van der Waals surface area contributed by atoms with Crippen LogP contribution < -0.4 is 0 Å². The summed E-state index contributed by atoms with van der Waals surface area (Å²) in [6.45, 7) is 1.59. The van der Waals surface area contributed by atoms with Gasteiger partial charge in [0.2, 0.25) is 0 Å². The molecule has 18 heavy (non-hydrogen) atoms. The second-order valence-corrected chi connectivity index (χ2v) is 4.24. The minimum atomic E-state index is -0.376. The van der Waals surface area contributed by atoms with Crippen LogP contribution in [0.2, 0.25) is 0 Å². The number of nitrogens with zero attached hydrogens (tertiary/aromatic N) is 1. The van der Waals surface area contributed by atoms with E-state index >= 15 is 0 Å². The first kappa shape index (κ1) is 12.6. The number of amides is 1. The summed E-state index contributed by atoms with van der Waals surface area (Å²) in [6.07, 6.45) is 0. The number of carbonyl (C=O) groups excluding carboxylic acids is 1. The van der Waals surface area contributed by atoms with Gasteiger partial charge in [-0.2, -0.15) is 0 Å². The lowest BCUT2D eigenvalue weighted by Crippen LogP contribution is -2.37. The molecule has 0 fully saturated rings. The molecule has 2 aromatic rings. The molecule has 1 amide bonds. The molecule has 0 saturated heterocycles. The third-order valence-electron chi connectivity index (χ3n) is 2.93. The molecule has 5 heteroatoms. The summed E-state index contributed by atoms with van der Waals surface area (Å²) in [6, 6.07) is 5.27. The smallest absolute Gasteiger partial charge is 0.289 e. The third-order valence-corrected chi connectivity index (χ3v) is 2.93. The van der Waals surface area contributed by atoms with Crippen molar-refractivity contribution < 1.29 is 18.7 Å². The molecule has 0 radical (unpaired) electrons. The van der Waals surface area contributed by atoms with E-state index in [-0.39, 0.29) is 30.1 Å². The largest absolute Gasteiger partial charge is 0.451 e. The summed E-state index contributed by atoms with van der Waals surface area (Å²) in [7, 11) is 1.58. The van der Waals surface area contributed by atoms with E-state index in [0.717, 1.165) is 0 Å². The summed E-state index contributed by atoms with van der Waals surface area (Å²) in [5.74, 6) is -0.578. The highest BCUT2D eigenvalue weighted by Crippen LogP contribution is 2.21. The van der Waals surface area contributed by atoms with Gasteiger partial charge in [-0.25, -0.2) is 4.39 Å². The number of halogens is 1. The lowest BCUT2D eigenvalue weighted by molar-refractivity contribution is 0.0653. The monoisotopic (exact) mass is 251 g/mol. The number of fused-ring (bicyclic) bond motifs is 1. The number of aliphatic hydroxyl groups is 1. The molecule has 4 nitrogen and oxygen atoms in total. The van der Waals surface area contributed by atoms with Crippen molar-refractivity contribution in [1.29, 1.82) is 0 Å². The van der Waals surface area contributed by atoms with Gasteiger partial charge >= 0.3 is 0 Å². The van der Waals surface area contributed by atoms with Crippen molar-refractivity contribution in [3.05, 3.63) is 35.8 Å². The lowest BCUT2D eigenvalue weighted by Gasteiger charge is -2.21. The Hall–Kier alpha value is -1.88. The van der Waals surface area contributed by atoms with Gasteiger partial charge in [0.25, 0.3) is 5.91 Å². The van der Waals surface area contributed by atoms with Crippen LogP contribution in [0.15, 0.2) is 28.7 Å². The summed E-state index contributed by atoms with van der Waals surface area (Å²) < 4.78 is 18.4. The maximum absolute atomic E-state index is 13.0. The Morgan fingerprint density at radius 1 is 1.50 bits per heavy atom. The van der Waals surface area contributed by atoms with Gasteiger partial charge in [-0.05, 0) is 31.2 Å². The number of aliphatic hydroxyl groups excluding tert-OH is 1. The molecule has 1 aromatic heterocycles. The molecule has 1 unspecified atom stereocenters. The molecular weight excluding hydrogens is 237 g/mol. The van der Waals surface area contributed by atoms with Gasteiger partial charge in [0.05, 0.1) is 12.6 Å². The van der Waals surface area contributed by atoms with Crippen LogP contribution in [-0.2, 0) is 0 Å². The second kappa shape index (κ2) is 4.78. The predicted molar refractivity (Wildman–Crippen MR) is 64.8 cm³/mol. The molecule has 1 atom stereocenters. The number of furan rings is 1. The van der Waals surface area contributed by atoms with Crippen LogP contribution in [0.4, 0.5) is 4.39 Å². The number of benzene rings is 1. The fourth-order valence-corrected chi connectivity index (χ4v) is 1.62. The summed E-state index contributed by atoms with van der Waals surface area (Å²) in [5, 5.41) is 9.55. The zero-order valence-electron chi connectivity index (χ0n) is 10.2. The van der Waals surface area contributed by atoms with Gasteiger partial charge in [-0.15, -0.1) is 0 Å². The van der Waals surface area contributed by atoms with Crippen molar-refractivity contribution in [1.82, 2.24) is 4.90 Å². The molecule has 0 saturated carbocycles. The number of hydrogen-bond donors (Lipinski definition) is 1. The van der Waals surface area contributed by atoms with Crippen LogP contribution in [0.1, 0.15) is 17.5 Å². The Bertz CT molecular complexity index is 579. The maximum atomic E-state index is 13.0. The van der Waals surface area contributed by atoms with Crippen LogP contribution in [-0.4, -0.2) is 35.6 Å². The first-order chi connectivity index (χ1) is 8.52. The second-order valence-electron chi connectivity index (χ2n) is 4.24. The van der Waals surface area contributed by atoms with Gasteiger partial charge in [-0.3, -0.25) is 4.79 Å². The molecular formula is C13H14FNO3. The van der Waals surface area contributed by atoms with Crippen LogP contribution in [0.5, 0.6) is 0 Å². The Labute approximate surface area is 104 Å². The maximum Gasteiger partial charge on any atom is 0.289 e. The van der Waals surface area contributed by atoms with E-state index in [1.54, 1.807) is 14.0 Å². The average molecular weight is 251 g/mol. The first-order valence-corrected chi connectivity index (χ1v) is 5.60. The van der Waals surface area contributed by atoms with Crippen LogP contribution in [0, 0.1) is 5.82 Å². The highest BCUT2D eigenvalue weighted by atomic mass is 19.1. The number of hydrogen-bond acceptors (Lipinski definition) is 3. The molecule has 2 rings (SSSR count). The van der Waals surface area contributed by atoms with Crippen molar-refractivity contribution in [3.8, 4) is 0 Å². The van der Waals surface area contributed by atoms with E-state index in [0.29, 0.717) is 11.0 Å². The first-order valence-electron chi connectivity index (χ1n) is 5.60. The van der Waals surface area contributed by atoms with Crippen LogP contribution >= 0.6 is 0 Å². The van der Waals surface area contributed by atoms with E-state index in [1.165, 1.54) is 29.2 Å². The van der Waals surface area contributed by atoms with Gasteiger partial charge in [-0.1, -0.05) is 0 Å². The number of carbonyl (C=O) groups is 1. The summed E-state index contributed by atoms with van der Waals surface area (Å²) in [4.78, 5) is 13.4. The summed E-state index contributed by atoms with van der Waals surface area (Å²) in [5.41, 5.74) is 0.463. The molecule has 0 aliphatic rings. The Morgan fingerprint density at radius 2 is 2.22 bits per heavy atom. The Balaban J connectivity index is 2.33. The van der Waals surface area contributed by atoms with E-state index in [4.69, 9.17) is 9.52 Å². The van der Waals surface area contributed by atoms with E-state index in [1.807, 2.05) is 0 Å². The molecule has 96 valence electrons. The molecule has 0 aliphatic carbocycles. The van der Waals surface area contributed by atoms with Crippen molar-refractivity contribution in [2.75, 3.05) is 13.7 Å². The minimum absolute atomic E-state index is 0.128. The van der Waals surface area contributed by atoms with Gasteiger partial charge < -0.3 is 14.4 Å². The molecule has 0 aliphatic heterocycles. The molecule has 0 bridgehead atoms. The quantitative estimate of drug-likeness (QED) is 0.908. The molecule has 1 N–H and O–H groups in total. The zero-order chi connectivity index (χ0) is 13.3. The van der Waals surface area contributed by atoms with Gasteiger partial charge in [0, 0.05) is 12.4 Å². The Morgan fingerprint density at radius 3 is 2.89 bits per heavy atom. The fourth-order valence-electron chi connectivity index (χ4n) is 1.62. The topological polar surface area (TPSA) is 53.7 Å². The fraction of sp³-hybridized carbons (Fsp3) is 0.308. The SMILES string of the molecule is CC(CO)N(C)C(=O)c1cc2cc(F)ccc2o1. The van der Waals surface area contributed by atoms with Crippen LogP contribution in [0.3, 0.4) is 0 Å². The minimum Gasteiger partial charge on any atom is -0.451 e. The number of likely N-dealkylation sites (N-methyl/N-ethyl adjacent to an activating group) is 1. The normalized spacial score (nSPS) is 12.7. The molecule has 1 heterocycles. The average Bonchev–Trinajstić information content (AvgIpc) is 2.78. The third kappa shape index (κ3) is 2.22. The van der Waals surface area contributed by atoms with E-state index in [9.17, 15) is 9.18 Å². The molecule has 0 spiro atoms. The van der Waals surface area contributed by atoms with Gasteiger partial charge in [0.15, 0.2) is 5.76 Å². The van der Waals surface area contributed by atoms with Crippen molar-refractivity contribution in [2.24, 2.45) is 0 Å². The summed E-state index contributed by atoms with van der Waals surface area (Å²) >= 11 is 0. The zero-order valence-corrected chi connectivity index (χ0v) is 10.2. The van der Waals surface area contributed by atoms with Crippen molar-refractivity contribution >= 4 is 16.9 Å². The van der Waals surface area contributed by atoms with E-state index in [2.05, 4.69) is 0 Å². The van der Waals surface area contributed by atoms with Gasteiger partial charge in [0.1, 0.15) is 11.4 Å². The predicted octanol–water partition coefficient (Wildman–Crippen LogP) is 2.02. The Kier molecular flexibility index (Phi) is 3.34. The van der Waals surface area contributed by atoms with Crippen LogP contribution in [0.25, 0.3) is 11.0 Å². The van der Waals surface area contributed by atoms with Crippen molar-refractivity contribution in [3.63, 3.8) is 0 Å².